The highest BCUT2D eigenvalue weighted by Crippen LogP contribution is 2.37. The van der Waals surface area contributed by atoms with E-state index in [4.69, 9.17) is 9.15 Å². The van der Waals surface area contributed by atoms with Gasteiger partial charge in [0.15, 0.2) is 0 Å². The molecule has 8 nitrogen and oxygen atoms in total. The summed E-state index contributed by atoms with van der Waals surface area (Å²) in [4.78, 5) is 32.6. The van der Waals surface area contributed by atoms with E-state index in [1.165, 1.54) is 0 Å². The Kier molecular flexibility index (Phi) is 9.30. The van der Waals surface area contributed by atoms with E-state index in [9.17, 15) is 9.59 Å². The number of carbonyl (C=O) groups excluding carboxylic acids is 2. The summed E-state index contributed by atoms with van der Waals surface area (Å²) in [6.45, 7) is 14.1. The van der Waals surface area contributed by atoms with E-state index in [1.807, 2.05) is 0 Å². The lowest BCUT2D eigenvalue weighted by Crippen LogP contribution is -2.44. The van der Waals surface area contributed by atoms with Crippen LogP contribution in [-0.4, -0.2) is 61.8 Å². The topological polar surface area (TPSA) is 96.2 Å². The smallest absolute Gasteiger partial charge is 0.271 e. The number of rotatable bonds is 7. The maximum atomic E-state index is 13.1. The van der Waals surface area contributed by atoms with Crippen molar-refractivity contribution in [2.75, 3.05) is 33.4 Å². The van der Waals surface area contributed by atoms with Gasteiger partial charge in [-0.05, 0) is 56.9 Å². The highest BCUT2D eigenvalue weighted by Gasteiger charge is 2.31. The van der Waals surface area contributed by atoms with Gasteiger partial charge in [-0.25, -0.2) is 0 Å². The molecule has 0 unspecified atom stereocenters. The quantitative estimate of drug-likeness (QED) is 0.543. The van der Waals surface area contributed by atoms with Gasteiger partial charge in [0.05, 0.1) is 31.0 Å². The van der Waals surface area contributed by atoms with E-state index in [0.717, 1.165) is 44.5 Å². The lowest BCUT2D eigenvalue weighted by atomic mass is 9.71. The van der Waals surface area contributed by atoms with Crippen LogP contribution >= 0.6 is 0 Å². The zero-order valence-corrected chi connectivity index (χ0v) is 22.2. The third-order valence-electron chi connectivity index (χ3n) is 7.21. The maximum absolute atomic E-state index is 13.1. The van der Waals surface area contributed by atoms with Crippen molar-refractivity contribution in [3.8, 4) is 0 Å². The lowest BCUT2D eigenvalue weighted by Gasteiger charge is -2.37. The fourth-order valence-corrected chi connectivity index (χ4v) is 4.99. The molecule has 0 aromatic carbocycles. The van der Waals surface area contributed by atoms with E-state index in [0.29, 0.717) is 48.1 Å². The van der Waals surface area contributed by atoms with E-state index in [2.05, 4.69) is 41.3 Å². The van der Waals surface area contributed by atoms with Gasteiger partial charge in [0, 0.05) is 30.5 Å². The summed E-state index contributed by atoms with van der Waals surface area (Å²) in [6, 6.07) is 1.91. The van der Waals surface area contributed by atoms with Crippen LogP contribution in [0.15, 0.2) is 27.2 Å². The summed E-state index contributed by atoms with van der Waals surface area (Å²) >= 11 is 0. The van der Waals surface area contributed by atoms with Gasteiger partial charge in [-0.3, -0.25) is 19.5 Å². The van der Waals surface area contributed by atoms with Gasteiger partial charge >= 0.3 is 0 Å². The molecule has 0 bridgehead atoms. The first-order valence-electron chi connectivity index (χ1n) is 12.8. The third-order valence-corrected chi connectivity index (χ3v) is 7.21. The average Bonchev–Trinajstić information content (AvgIpc) is 3.19. The minimum absolute atomic E-state index is 0. The summed E-state index contributed by atoms with van der Waals surface area (Å²) in [5.74, 6) is 1.40. The zero-order chi connectivity index (χ0) is 25.6. The first-order chi connectivity index (χ1) is 16.6. The summed E-state index contributed by atoms with van der Waals surface area (Å²) in [5.41, 5.74) is 1.38. The second-order valence-electron chi connectivity index (χ2n) is 10.7. The Morgan fingerprint density at radius 2 is 1.86 bits per heavy atom. The molecule has 2 amide bonds. The minimum atomic E-state index is -0.313. The normalized spacial score (nSPS) is 22.7. The number of nitrogens with one attached hydrogen (secondary N) is 2. The Balaban J connectivity index is 0.00000456. The molecule has 0 atom stereocenters. The number of furan rings is 1. The number of carbonyl (C=O) groups is 2. The number of aliphatic imine (C=N–C) groups is 1. The SMILES string of the molecule is C/C=C(/NC(=O)c1cc(CN2CCOCC2)oc1C)C(=NC)C(=O)NC1CCC(C(C)(C)C)CC1.[HH].[HH].[HH]. The molecule has 1 saturated heterocycles. The number of ether oxygens (including phenoxy) is 1. The van der Waals surface area contributed by atoms with E-state index in [-0.39, 0.29) is 27.8 Å². The van der Waals surface area contributed by atoms with Gasteiger partial charge < -0.3 is 19.8 Å². The van der Waals surface area contributed by atoms with E-state index in [1.54, 1.807) is 33.0 Å². The standard InChI is InChI=1S/C27H42N4O4.3H2/c1-7-23(24(28-6)26(33)29-20-10-8-19(9-11-20)27(3,4)5)30-25(32)22-16-21(35-18(22)2)17-31-12-14-34-15-13-31;;;/h7,16,19-20H,8-15,17H2,1-6H3,(H,29,33)(H,30,32);3*1H/b23-7+,28-24?;;;. The zero-order valence-electron chi connectivity index (χ0n) is 22.2. The van der Waals surface area contributed by atoms with E-state index >= 15 is 0 Å². The molecule has 1 aromatic rings. The Morgan fingerprint density at radius 3 is 2.43 bits per heavy atom. The molecule has 1 aliphatic carbocycles. The Hall–Kier alpha value is -2.45. The monoisotopic (exact) mass is 492 g/mol. The Bertz CT molecular complexity index is 958. The summed E-state index contributed by atoms with van der Waals surface area (Å²) in [5, 5.41) is 6.01. The second kappa shape index (κ2) is 12.0. The molecule has 1 aliphatic heterocycles. The predicted molar refractivity (Wildman–Crippen MR) is 144 cm³/mol. The van der Waals surface area contributed by atoms with Crippen LogP contribution in [0.5, 0.6) is 0 Å². The molecule has 200 valence electrons. The molecule has 35 heavy (non-hydrogen) atoms. The second-order valence-corrected chi connectivity index (χ2v) is 10.7. The van der Waals surface area contributed by atoms with Gasteiger partial charge in [0.1, 0.15) is 17.2 Å². The maximum Gasteiger partial charge on any atom is 0.271 e. The van der Waals surface area contributed by atoms with E-state index < -0.39 is 0 Å². The van der Waals surface area contributed by atoms with Gasteiger partial charge in [-0.1, -0.05) is 26.8 Å². The molecular weight excluding hydrogens is 444 g/mol. The molecule has 2 aliphatic rings. The van der Waals surface area contributed by atoms with Crippen LogP contribution in [0.4, 0.5) is 0 Å². The van der Waals surface area contributed by atoms with Crippen molar-refractivity contribution in [2.24, 2.45) is 16.3 Å². The van der Waals surface area contributed by atoms with Crippen LogP contribution in [-0.2, 0) is 16.1 Å². The fraction of sp³-hybridized carbons (Fsp3) is 0.667. The molecule has 3 rings (SSSR count). The number of allylic oxidation sites excluding steroid dienone is 1. The van der Waals surface area contributed by atoms with Crippen molar-refractivity contribution >= 4 is 17.5 Å². The lowest BCUT2D eigenvalue weighted by molar-refractivity contribution is -0.115. The van der Waals surface area contributed by atoms with Crippen molar-refractivity contribution in [1.82, 2.24) is 15.5 Å². The number of morpholine rings is 1. The van der Waals surface area contributed by atoms with Crippen molar-refractivity contribution < 1.29 is 23.0 Å². The first kappa shape index (κ1) is 27.1. The first-order valence-corrected chi connectivity index (χ1v) is 12.8. The van der Waals surface area contributed by atoms with Crippen molar-refractivity contribution in [3.63, 3.8) is 0 Å². The number of amides is 2. The summed E-state index contributed by atoms with van der Waals surface area (Å²) < 4.78 is 11.2. The van der Waals surface area contributed by atoms with Crippen molar-refractivity contribution in [1.29, 1.82) is 0 Å². The van der Waals surface area contributed by atoms with Crippen molar-refractivity contribution in [3.05, 3.63) is 34.9 Å². The third kappa shape index (κ3) is 7.27. The Labute approximate surface area is 214 Å². The van der Waals surface area contributed by atoms with Gasteiger partial charge in [-0.15, -0.1) is 0 Å². The molecular formula is C27H48N4O4. The molecule has 1 aromatic heterocycles. The Morgan fingerprint density at radius 1 is 1.20 bits per heavy atom. The number of aryl methyl sites for hydroxylation is 1. The number of hydrogen-bond donors (Lipinski definition) is 2. The number of hydrogen-bond acceptors (Lipinski definition) is 6. The van der Waals surface area contributed by atoms with Gasteiger partial charge in [0.2, 0.25) is 0 Å². The molecule has 1 saturated carbocycles. The van der Waals surface area contributed by atoms with Crippen LogP contribution in [0.2, 0.25) is 0 Å². The van der Waals surface area contributed by atoms with Crippen LogP contribution in [0.25, 0.3) is 0 Å². The molecule has 2 heterocycles. The molecule has 0 spiro atoms. The van der Waals surface area contributed by atoms with Gasteiger partial charge in [-0.2, -0.15) is 0 Å². The van der Waals surface area contributed by atoms with Gasteiger partial charge in [0.25, 0.3) is 11.8 Å². The molecule has 2 N–H and O–H groups in total. The largest absolute Gasteiger partial charge is 0.464 e. The number of nitrogens with zero attached hydrogens (tertiary/aromatic N) is 2. The van der Waals surface area contributed by atoms with Crippen LogP contribution < -0.4 is 10.6 Å². The summed E-state index contributed by atoms with van der Waals surface area (Å²) in [7, 11) is 1.57. The highest BCUT2D eigenvalue weighted by atomic mass is 16.5. The predicted octanol–water partition coefficient (Wildman–Crippen LogP) is 4.58. The van der Waals surface area contributed by atoms with Crippen LogP contribution in [0.3, 0.4) is 0 Å². The van der Waals surface area contributed by atoms with Crippen LogP contribution in [0, 0.1) is 18.3 Å². The van der Waals surface area contributed by atoms with Crippen LogP contribution in [0.1, 0.15) is 79.5 Å². The average molecular weight is 493 g/mol. The molecule has 8 heteroatoms. The molecule has 0 radical (unpaired) electrons. The minimum Gasteiger partial charge on any atom is -0.464 e. The van der Waals surface area contributed by atoms with Crippen molar-refractivity contribution in [2.45, 2.75) is 72.9 Å². The fourth-order valence-electron chi connectivity index (χ4n) is 4.99. The highest BCUT2D eigenvalue weighted by molar-refractivity contribution is 6.45. The molecule has 2 fully saturated rings. The summed E-state index contributed by atoms with van der Waals surface area (Å²) in [6.07, 6.45) is 5.84.